The quantitative estimate of drug-likeness (QED) is 0.450. The van der Waals surface area contributed by atoms with Gasteiger partial charge in [-0.1, -0.05) is 48.2 Å². The number of nitrogens with zero attached hydrogens (tertiary/aromatic N) is 1. The maximum absolute atomic E-state index is 12.8. The minimum atomic E-state index is -0.174. The molecule has 24 heavy (non-hydrogen) atoms. The number of hydrogen-bond donors (Lipinski definition) is 2. The first-order chi connectivity index (χ1) is 11.6. The van der Waals surface area contributed by atoms with Gasteiger partial charge in [-0.2, -0.15) is 0 Å². The molecule has 2 unspecified atom stereocenters. The number of carbonyl (C=O) groups is 1. The summed E-state index contributed by atoms with van der Waals surface area (Å²) in [7, 11) is 0. The van der Waals surface area contributed by atoms with Crippen LogP contribution in [0.2, 0.25) is 0 Å². The Labute approximate surface area is 150 Å². The van der Waals surface area contributed by atoms with Crippen molar-refractivity contribution in [2.45, 2.75) is 42.8 Å². The first-order valence-electron chi connectivity index (χ1n) is 8.07. The van der Waals surface area contributed by atoms with Gasteiger partial charge in [0.2, 0.25) is 0 Å². The molecular formula is C18H21N3OS2. The number of thioether (sulfide) groups is 1. The fourth-order valence-electron chi connectivity index (χ4n) is 2.42. The van der Waals surface area contributed by atoms with E-state index in [-0.39, 0.29) is 11.0 Å². The third kappa shape index (κ3) is 3.65. The zero-order chi connectivity index (χ0) is 17.1. The van der Waals surface area contributed by atoms with Crippen LogP contribution in [-0.2, 0) is 0 Å². The van der Waals surface area contributed by atoms with E-state index >= 15 is 0 Å². The van der Waals surface area contributed by atoms with Crippen LogP contribution in [0.15, 0.2) is 41.0 Å². The molecular weight excluding hydrogens is 338 g/mol. The number of fused-ring (bicyclic) bond motifs is 1. The van der Waals surface area contributed by atoms with Gasteiger partial charge in [-0.15, -0.1) is 0 Å². The molecule has 2 N–H and O–H groups in total. The van der Waals surface area contributed by atoms with Crippen molar-refractivity contribution in [1.29, 1.82) is 0 Å². The van der Waals surface area contributed by atoms with E-state index in [1.54, 1.807) is 11.3 Å². The van der Waals surface area contributed by atoms with E-state index in [0.717, 1.165) is 32.2 Å². The number of aromatic nitrogens is 2. The lowest BCUT2D eigenvalue weighted by molar-refractivity contribution is 0.0995. The number of Topliss-reactive ketones (excluding diaryl/α,β-unsaturated/α-hetero) is 1. The minimum absolute atomic E-state index is 0.129. The summed E-state index contributed by atoms with van der Waals surface area (Å²) in [6.07, 6.45) is 4.72. The van der Waals surface area contributed by atoms with Crippen molar-refractivity contribution < 1.29 is 4.79 Å². The molecule has 3 rings (SSSR count). The van der Waals surface area contributed by atoms with Gasteiger partial charge < -0.3 is 10.3 Å². The van der Waals surface area contributed by atoms with Crippen LogP contribution in [0.25, 0.3) is 10.9 Å². The van der Waals surface area contributed by atoms with Gasteiger partial charge in [0.15, 0.2) is 10.1 Å². The third-order valence-corrected chi connectivity index (χ3v) is 6.12. The summed E-state index contributed by atoms with van der Waals surface area (Å²) in [5, 5.41) is 5.28. The maximum Gasteiger partial charge on any atom is 0.178 e. The molecule has 0 aliphatic heterocycles. The highest BCUT2D eigenvalue weighted by Gasteiger charge is 2.21. The smallest absolute Gasteiger partial charge is 0.178 e. The Bertz CT molecular complexity index is 840. The van der Waals surface area contributed by atoms with Crippen molar-refractivity contribution >= 4 is 44.8 Å². The number of carbonyl (C=O) groups excluding carboxylic acids is 1. The standard InChI is InChI=1S/C18H21N3OS2/c1-4-11(2)21-16-10-20-18(24-16)23-12(3)17(22)14-9-19-15-8-6-5-7-13(14)15/h5-12,19,21H,4H2,1-3H3. The lowest BCUT2D eigenvalue weighted by Crippen LogP contribution is -2.12. The highest BCUT2D eigenvalue weighted by atomic mass is 32.2. The lowest BCUT2D eigenvalue weighted by Gasteiger charge is -2.09. The molecule has 1 aromatic carbocycles. The van der Waals surface area contributed by atoms with E-state index in [0.29, 0.717) is 6.04 Å². The number of nitrogens with one attached hydrogen (secondary N) is 2. The van der Waals surface area contributed by atoms with Crippen LogP contribution in [0, 0.1) is 0 Å². The van der Waals surface area contributed by atoms with E-state index in [1.807, 2.05) is 43.6 Å². The van der Waals surface area contributed by atoms with E-state index in [1.165, 1.54) is 11.8 Å². The number of H-pyrrole nitrogens is 1. The molecule has 0 bridgehead atoms. The van der Waals surface area contributed by atoms with Crippen molar-refractivity contribution in [3.63, 3.8) is 0 Å². The van der Waals surface area contributed by atoms with Crippen LogP contribution in [-0.4, -0.2) is 27.0 Å². The Kier molecular flexibility index (Phi) is 5.26. The number of aromatic amines is 1. The van der Waals surface area contributed by atoms with Crippen LogP contribution in [0.1, 0.15) is 37.6 Å². The zero-order valence-corrected chi connectivity index (χ0v) is 15.6. The Balaban J connectivity index is 1.70. The fraction of sp³-hybridized carbons (Fsp3) is 0.333. The second-order valence-electron chi connectivity index (χ2n) is 5.82. The van der Waals surface area contributed by atoms with Crippen molar-refractivity contribution in [3.05, 3.63) is 42.2 Å². The number of thiazole rings is 1. The predicted octanol–water partition coefficient (Wildman–Crippen LogP) is 5.20. The molecule has 0 aliphatic carbocycles. The summed E-state index contributed by atoms with van der Waals surface area (Å²) in [6.45, 7) is 6.24. The highest BCUT2D eigenvalue weighted by molar-refractivity contribution is 8.02. The van der Waals surface area contributed by atoms with Crippen molar-refractivity contribution in [2.24, 2.45) is 0 Å². The first kappa shape index (κ1) is 17.0. The van der Waals surface area contributed by atoms with Crippen LogP contribution in [0.4, 0.5) is 5.00 Å². The Morgan fingerprint density at radius 1 is 1.38 bits per heavy atom. The van der Waals surface area contributed by atoms with Crippen LogP contribution in [0.3, 0.4) is 0 Å². The average molecular weight is 360 g/mol. The molecule has 0 amide bonds. The first-order valence-corrected chi connectivity index (χ1v) is 9.77. The second kappa shape index (κ2) is 7.40. The molecule has 0 fully saturated rings. The Morgan fingerprint density at radius 3 is 2.96 bits per heavy atom. The maximum atomic E-state index is 12.8. The van der Waals surface area contributed by atoms with Gasteiger partial charge in [0.05, 0.1) is 11.4 Å². The molecule has 2 atom stereocenters. The van der Waals surface area contributed by atoms with Crippen LogP contribution in [0.5, 0.6) is 0 Å². The van der Waals surface area contributed by atoms with Gasteiger partial charge in [-0.25, -0.2) is 4.98 Å². The number of para-hydroxylation sites is 1. The zero-order valence-electron chi connectivity index (χ0n) is 14.0. The average Bonchev–Trinajstić information content (AvgIpc) is 3.20. The second-order valence-corrected chi connectivity index (χ2v) is 8.43. The molecule has 0 saturated carbocycles. The molecule has 2 heterocycles. The summed E-state index contributed by atoms with van der Waals surface area (Å²) in [6, 6.07) is 8.31. The predicted molar refractivity (Wildman–Crippen MR) is 103 cm³/mol. The van der Waals surface area contributed by atoms with Crippen LogP contribution < -0.4 is 5.32 Å². The Hall–Kier alpha value is -1.79. The van der Waals surface area contributed by atoms with Gasteiger partial charge in [0.25, 0.3) is 0 Å². The van der Waals surface area contributed by atoms with Gasteiger partial charge >= 0.3 is 0 Å². The summed E-state index contributed by atoms with van der Waals surface area (Å²) in [5.74, 6) is 0.129. The largest absolute Gasteiger partial charge is 0.373 e. The minimum Gasteiger partial charge on any atom is -0.373 e. The van der Waals surface area contributed by atoms with Crippen molar-refractivity contribution in [1.82, 2.24) is 9.97 Å². The van der Waals surface area contributed by atoms with E-state index in [9.17, 15) is 4.79 Å². The molecule has 2 aromatic heterocycles. The van der Waals surface area contributed by atoms with Gasteiger partial charge in [0, 0.05) is 28.7 Å². The fourth-order valence-corrected chi connectivity index (χ4v) is 4.63. The molecule has 3 aromatic rings. The monoisotopic (exact) mass is 359 g/mol. The van der Waals surface area contributed by atoms with E-state index in [2.05, 4.69) is 29.1 Å². The summed E-state index contributed by atoms with van der Waals surface area (Å²) < 4.78 is 0.918. The SMILES string of the molecule is CCC(C)Nc1cnc(SC(C)C(=O)c2c[nH]c3ccccc23)s1. The highest BCUT2D eigenvalue weighted by Crippen LogP contribution is 2.33. The summed E-state index contributed by atoms with van der Waals surface area (Å²) in [4.78, 5) is 20.4. The van der Waals surface area contributed by atoms with Crippen molar-refractivity contribution in [3.8, 4) is 0 Å². The van der Waals surface area contributed by atoms with Gasteiger partial charge in [-0.05, 0) is 26.3 Å². The van der Waals surface area contributed by atoms with E-state index in [4.69, 9.17) is 0 Å². The Morgan fingerprint density at radius 2 is 2.17 bits per heavy atom. The van der Waals surface area contributed by atoms with Gasteiger partial charge in [-0.3, -0.25) is 4.79 Å². The van der Waals surface area contributed by atoms with E-state index < -0.39 is 0 Å². The van der Waals surface area contributed by atoms with Gasteiger partial charge in [0.1, 0.15) is 5.00 Å². The molecule has 0 aliphatic rings. The lowest BCUT2D eigenvalue weighted by atomic mass is 10.1. The third-order valence-electron chi connectivity index (χ3n) is 3.99. The number of hydrogen-bond acceptors (Lipinski definition) is 5. The topological polar surface area (TPSA) is 57.8 Å². The molecule has 126 valence electrons. The summed E-state index contributed by atoms with van der Waals surface area (Å²) in [5.41, 5.74) is 1.74. The molecule has 4 nitrogen and oxygen atoms in total. The normalized spacial score (nSPS) is 13.8. The molecule has 6 heteroatoms. The number of rotatable bonds is 7. The van der Waals surface area contributed by atoms with Crippen LogP contribution >= 0.6 is 23.1 Å². The molecule has 0 spiro atoms. The molecule has 0 radical (unpaired) electrons. The number of anilines is 1. The number of ketones is 1. The summed E-state index contributed by atoms with van der Waals surface area (Å²) >= 11 is 3.12. The van der Waals surface area contributed by atoms with Crippen molar-refractivity contribution in [2.75, 3.05) is 5.32 Å². The molecule has 0 saturated heterocycles. The number of benzene rings is 1.